The van der Waals surface area contributed by atoms with E-state index in [-0.39, 0.29) is 11.8 Å². The quantitative estimate of drug-likeness (QED) is 0.871. The molecule has 0 aliphatic rings. The third-order valence-electron chi connectivity index (χ3n) is 2.61. The van der Waals surface area contributed by atoms with Crippen LogP contribution in [0.1, 0.15) is 6.92 Å². The molecule has 0 spiro atoms. The van der Waals surface area contributed by atoms with Crippen molar-refractivity contribution in [3.05, 3.63) is 34.9 Å². The molecule has 1 aromatic heterocycles. The average Bonchev–Trinajstić information content (AvgIpc) is 2.37. The molecule has 1 N–H and O–H groups in total. The fraction of sp³-hybridized carbons (Fsp3) is 0.231. The zero-order valence-corrected chi connectivity index (χ0v) is 12.1. The molecule has 3 nitrogen and oxygen atoms in total. The van der Waals surface area contributed by atoms with Crippen LogP contribution in [-0.4, -0.2) is 16.8 Å². The maximum atomic E-state index is 11.8. The van der Waals surface area contributed by atoms with E-state index in [2.05, 4.69) is 26.2 Å². The van der Waals surface area contributed by atoms with Gasteiger partial charge >= 0.3 is 0 Å². The van der Waals surface area contributed by atoms with E-state index in [1.807, 2.05) is 24.3 Å². The Kier molecular flexibility index (Phi) is 4.19. The first kappa shape index (κ1) is 13.3. The van der Waals surface area contributed by atoms with Crippen molar-refractivity contribution >= 4 is 50.0 Å². The number of alkyl halides is 1. The number of benzene rings is 1. The highest BCUT2D eigenvalue weighted by molar-refractivity contribution is 9.10. The molecule has 5 heteroatoms. The Labute approximate surface area is 119 Å². The summed E-state index contributed by atoms with van der Waals surface area (Å²) < 4.78 is 0.910. The second-order valence-corrected chi connectivity index (χ2v) is 5.30. The smallest absolute Gasteiger partial charge is 0.228 e. The van der Waals surface area contributed by atoms with Crippen molar-refractivity contribution in [3.63, 3.8) is 0 Å². The van der Waals surface area contributed by atoms with Gasteiger partial charge in [0.15, 0.2) is 0 Å². The molecule has 1 amide bonds. The number of rotatable bonds is 3. The number of carbonyl (C=O) groups is 1. The van der Waals surface area contributed by atoms with Crippen LogP contribution in [0.3, 0.4) is 0 Å². The van der Waals surface area contributed by atoms with Gasteiger partial charge in [0.25, 0.3) is 0 Å². The molecule has 0 saturated heterocycles. The van der Waals surface area contributed by atoms with E-state index >= 15 is 0 Å². The lowest BCUT2D eigenvalue weighted by Crippen LogP contribution is -2.21. The lowest BCUT2D eigenvalue weighted by atomic mass is 10.1. The number of amides is 1. The van der Waals surface area contributed by atoms with Crippen LogP contribution in [-0.2, 0) is 4.79 Å². The SMILES string of the molecule is CC(CCl)C(=O)Nc1cccc2cc(Br)cnc12. The molecule has 0 radical (unpaired) electrons. The maximum absolute atomic E-state index is 11.8. The zero-order chi connectivity index (χ0) is 13.1. The molecular weight excluding hydrogens is 316 g/mol. The van der Waals surface area contributed by atoms with E-state index in [4.69, 9.17) is 11.6 Å². The van der Waals surface area contributed by atoms with Crippen molar-refractivity contribution in [1.82, 2.24) is 4.98 Å². The Balaban J connectivity index is 2.37. The average molecular weight is 328 g/mol. The van der Waals surface area contributed by atoms with Gasteiger partial charge < -0.3 is 5.32 Å². The summed E-state index contributed by atoms with van der Waals surface area (Å²) in [4.78, 5) is 16.1. The summed E-state index contributed by atoms with van der Waals surface area (Å²) in [6, 6.07) is 7.64. The summed E-state index contributed by atoms with van der Waals surface area (Å²) in [6.07, 6.45) is 1.71. The van der Waals surface area contributed by atoms with Gasteiger partial charge in [-0.25, -0.2) is 0 Å². The summed E-state index contributed by atoms with van der Waals surface area (Å²) in [5.74, 6) is -0.0187. The Morgan fingerprint density at radius 3 is 3.06 bits per heavy atom. The molecule has 2 aromatic rings. The van der Waals surface area contributed by atoms with Crippen LogP contribution in [0.4, 0.5) is 5.69 Å². The van der Waals surface area contributed by atoms with Crippen LogP contribution in [0.2, 0.25) is 0 Å². The van der Waals surface area contributed by atoms with Gasteiger partial charge in [0.05, 0.1) is 11.2 Å². The predicted octanol–water partition coefficient (Wildman–Crippen LogP) is 3.81. The second-order valence-electron chi connectivity index (χ2n) is 4.08. The van der Waals surface area contributed by atoms with E-state index < -0.39 is 0 Å². The Morgan fingerprint density at radius 1 is 1.56 bits per heavy atom. The highest BCUT2D eigenvalue weighted by Crippen LogP contribution is 2.24. The van der Waals surface area contributed by atoms with E-state index in [1.54, 1.807) is 13.1 Å². The molecule has 1 atom stereocenters. The van der Waals surface area contributed by atoms with Gasteiger partial charge in [0.2, 0.25) is 5.91 Å². The Bertz CT molecular complexity index is 588. The molecule has 0 saturated carbocycles. The number of fused-ring (bicyclic) bond motifs is 1. The second kappa shape index (κ2) is 5.67. The van der Waals surface area contributed by atoms with Crippen molar-refractivity contribution in [2.24, 2.45) is 5.92 Å². The van der Waals surface area contributed by atoms with Crippen LogP contribution < -0.4 is 5.32 Å². The van der Waals surface area contributed by atoms with Gasteiger partial charge in [-0.15, -0.1) is 11.6 Å². The fourth-order valence-electron chi connectivity index (χ4n) is 1.56. The van der Waals surface area contributed by atoms with Crippen LogP contribution >= 0.6 is 27.5 Å². The van der Waals surface area contributed by atoms with Crippen LogP contribution in [0.15, 0.2) is 34.9 Å². The number of pyridine rings is 1. The lowest BCUT2D eigenvalue weighted by Gasteiger charge is -2.11. The third kappa shape index (κ3) is 2.82. The summed E-state index contributed by atoms with van der Waals surface area (Å²) >= 11 is 9.04. The molecule has 1 unspecified atom stereocenters. The third-order valence-corrected chi connectivity index (χ3v) is 3.51. The largest absolute Gasteiger partial charge is 0.324 e. The minimum absolute atomic E-state index is 0.0952. The minimum atomic E-state index is -0.225. The fourth-order valence-corrected chi connectivity index (χ4v) is 2.05. The van der Waals surface area contributed by atoms with Gasteiger partial charge in [-0.1, -0.05) is 19.1 Å². The topological polar surface area (TPSA) is 42.0 Å². The van der Waals surface area contributed by atoms with E-state index in [0.717, 1.165) is 15.4 Å². The molecular formula is C13H12BrClN2O. The Hall–Kier alpha value is -1.13. The number of anilines is 1. The van der Waals surface area contributed by atoms with Crippen LogP contribution in [0, 0.1) is 5.92 Å². The molecule has 0 aliphatic heterocycles. The molecule has 0 bridgehead atoms. The monoisotopic (exact) mass is 326 g/mol. The van der Waals surface area contributed by atoms with Gasteiger partial charge in [-0.05, 0) is 28.1 Å². The Morgan fingerprint density at radius 2 is 2.33 bits per heavy atom. The highest BCUT2D eigenvalue weighted by Gasteiger charge is 2.13. The van der Waals surface area contributed by atoms with Crippen molar-refractivity contribution in [1.29, 1.82) is 0 Å². The number of nitrogens with one attached hydrogen (secondary N) is 1. The van der Waals surface area contributed by atoms with Gasteiger partial charge in [0, 0.05) is 27.9 Å². The number of aromatic nitrogens is 1. The zero-order valence-electron chi connectivity index (χ0n) is 9.78. The molecule has 1 aromatic carbocycles. The summed E-state index contributed by atoms with van der Waals surface area (Å²) in [5.41, 5.74) is 1.48. The number of halogens is 2. The van der Waals surface area contributed by atoms with Gasteiger partial charge in [0.1, 0.15) is 0 Å². The summed E-state index contributed by atoms with van der Waals surface area (Å²) in [6.45, 7) is 1.79. The van der Waals surface area contributed by atoms with Crippen molar-refractivity contribution in [2.75, 3.05) is 11.2 Å². The molecule has 2 rings (SSSR count). The van der Waals surface area contributed by atoms with Crippen molar-refractivity contribution in [2.45, 2.75) is 6.92 Å². The lowest BCUT2D eigenvalue weighted by molar-refractivity contribution is -0.118. The first-order chi connectivity index (χ1) is 8.61. The molecule has 0 aliphatic carbocycles. The first-order valence-electron chi connectivity index (χ1n) is 5.53. The molecule has 18 heavy (non-hydrogen) atoms. The normalized spacial score (nSPS) is 12.4. The predicted molar refractivity (Wildman–Crippen MR) is 78.0 cm³/mol. The van der Waals surface area contributed by atoms with Crippen molar-refractivity contribution < 1.29 is 4.79 Å². The number of hydrogen-bond acceptors (Lipinski definition) is 2. The minimum Gasteiger partial charge on any atom is -0.324 e. The highest BCUT2D eigenvalue weighted by atomic mass is 79.9. The number of carbonyl (C=O) groups excluding carboxylic acids is 1. The van der Waals surface area contributed by atoms with Gasteiger partial charge in [-0.2, -0.15) is 0 Å². The maximum Gasteiger partial charge on any atom is 0.228 e. The van der Waals surface area contributed by atoms with E-state index in [9.17, 15) is 4.79 Å². The van der Waals surface area contributed by atoms with Crippen LogP contribution in [0.5, 0.6) is 0 Å². The number of nitrogens with zero attached hydrogens (tertiary/aromatic N) is 1. The first-order valence-corrected chi connectivity index (χ1v) is 6.85. The summed E-state index contributed by atoms with van der Waals surface area (Å²) in [7, 11) is 0. The molecule has 94 valence electrons. The standard InChI is InChI=1S/C13H12BrClN2O/c1-8(6-15)13(18)17-11-4-2-3-9-5-10(14)7-16-12(9)11/h2-5,7-8H,6H2,1H3,(H,17,18). The van der Waals surface area contributed by atoms with E-state index in [1.165, 1.54) is 0 Å². The summed E-state index contributed by atoms with van der Waals surface area (Å²) in [5, 5.41) is 3.83. The van der Waals surface area contributed by atoms with Gasteiger partial charge in [-0.3, -0.25) is 9.78 Å². The number of para-hydroxylation sites is 1. The van der Waals surface area contributed by atoms with Crippen LogP contribution in [0.25, 0.3) is 10.9 Å². The molecule has 0 fully saturated rings. The molecule has 1 heterocycles. The van der Waals surface area contributed by atoms with E-state index in [0.29, 0.717) is 11.6 Å². The number of hydrogen-bond donors (Lipinski definition) is 1. The van der Waals surface area contributed by atoms with Crippen molar-refractivity contribution in [3.8, 4) is 0 Å².